The highest BCUT2D eigenvalue weighted by atomic mass is 31.2. The molecular weight excluding hydrogens is 912 g/mol. The summed E-state index contributed by atoms with van der Waals surface area (Å²) < 4.78 is 25.7. The molecule has 0 bridgehead atoms. The van der Waals surface area contributed by atoms with Crippen molar-refractivity contribution in [2.75, 3.05) is 27.4 Å². The fourth-order valence-electron chi connectivity index (χ4n) is 9.78. The van der Waals surface area contributed by atoms with Crippen LogP contribution in [0.5, 0.6) is 5.75 Å². The summed E-state index contributed by atoms with van der Waals surface area (Å²) in [7, 11) is -1.72. The lowest BCUT2D eigenvalue weighted by atomic mass is 9.92. The molecule has 364 valence electrons. The third-order valence-electron chi connectivity index (χ3n) is 12.9. The molecule has 4 amide bonds. The van der Waals surface area contributed by atoms with E-state index < -0.39 is 32.1 Å². The molecule has 3 aliphatic heterocycles. The Bertz CT molecular complexity index is 2930. The SMILES string of the molecule is COC[C@H]1C[C@@H](c2ncc(-c3ccc4c(c3)COc3cc5c(ccc6nc([C@@H]7CC[C@H](C)N7C(=O)[C@@H](NC(=O)O)C(C)C)[nH]c65)cc3-4)[nH]2)N(C(=O)[C@H](NC(=O)OC)c2ccccc2)C1.O=P(O)(O)O. The molecule has 0 unspecified atom stereocenters. The van der Waals surface area contributed by atoms with Gasteiger partial charge in [0.05, 0.1) is 48.7 Å². The van der Waals surface area contributed by atoms with Crippen molar-refractivity contribution in [2.24, 2.45) is 11.8 Å². The average Bonchev–Trinajstić information content (AvgIpc) is 4.14. The zero-order chi connectivity index (χ0) is 49.3. The summed E-state index contributed by atoms with van der Waals surface area (Å²) in [5, 5.41) is 16.6. The van der Waals surface area contributed by atoms with E-state index in [2.05, 4.69) is 44.9 Å². The van der Waals surface area contributed by atoms with Crippen LogP contribution in [0.3, 0.4) is 0 Å². The highest BCUT2D eigenvalue weighted by Gasteiger charge is 2.43. The predicted octanol–water partition coefficient (Wildman–Crippen LogP) is 6.71. The number of rotatable bonds is 11. The fourth-order valence-corrected chi connectivity index (χ4v) is 9.78. The highest BCUT2D eigenvalue weighted by Crippen LogP contribution is 2.44. The number of hydrogen-bond acceptors (Lipinski definition) is 10. The van der Waals surface area contributed by atoms with E-state index in [1.54, 1.807) is 35.2 Å². The molecule has 2 fully saturated rings. The first-order chi connectivity index (χ1) is 32.9. The predicted molar refractivity (Wildman–Crippen MR) is 252 cm³/mol. The van der Waals surface area contributed by atoms with Crippen molar-refractivity contribution < 1.29 is 57.7 Å². The van der Waals surface area contributed by atoms with Gasteiger partial charge in [0, 0.05) is 36.6 Å². The van der Waals surface area contributed by atoms with Crippen LogP contribution in [-0.2, 0) is 30.2 Å². The standard InChI is InChI=1S/C48H52N8O8.H3O4P/c1-25(2)40(53-47(59)60)46(58)56-26(3)11-16-37(56)44-50-35-15-13-29-19-34-32-14-12-30(18-31(32)24-64-39(34)20-33(29)42(35)52-44)36-21-49-43(51-36)38-17-27(23-62-4)22-55(38)45(57)41(54-48(61)63-5)28-9-7-6-8-10-28;1-5(2,3)4/h6-10,12-15,18-21,25-27,37-38,40-41,53H,11,16-17,22-24H2,1-5H3,(H,49,51)(H,50,52)(H,54,61)(H,59,60);(H3,1,2,3,4)/t26-,27-,37-,38-,40-,41+;/m0./s1. The molecule has 2 saturated heterocycles. The van der Waals surface area contributed by atoms with Gasteiger partial charge in [0.1, 0.15) is 36.1 Å². The normalized spacial score (nSPS) is 19.6. The van der Waals surface area contributed by atoms with Gasteiger partial charge in [-0.25, -0.2) is 24.1 Å². The lowest BCUT2D eigenvalue weighted by molar-refractivity contribution is -0.137. The lowest BCUT2D eigenvalue weighted by Gasteiger charge is -2.32. The molecule has 21 heteroatoms. The van der Waals surface area contributed by atoms with Gasteiger partial charge in [-0.15, -0.1) is 0 Å². The minimum atomic E-state index is -4.64. The first kappa shape index (κ1) is 48.6. The second-order valence-electron chi connectivity index (χ2n) is 17.9. The number of aromatic nitrogens is 4. The molecule has 0 radical (unpaired) electrons. The third-order valence-corrected chi connectivity index (χ3v) is 12.9. The number of fused-ring (bicyclic) bond motifs is 6. The Morgan fingerprint density at radius 3 is 2.36 bits per heavy atom. The number of benzene rings is 4. The Kier molecular flexibility index (Phi) is 14.1. The molecule has 0 aliphatic carbocycles. The van der Waals surface area contributed by atoms with Gasteiger partial charge < -0.3 is 64.4 Å². The summed E-state index contributed by atoms with van der Waals surface area (Å²) in [6, 6.07) is 21.0. The molecule has 20 nitrogen and oxygen atoms in total. The lowest BCUT2D eigenvalue weighted by Crippen LogP contribution is -2.52. The number of ether oxygens (including phenoxy) is 3. The number of nitrogens with zero attached hydrogens (tertiary/aromatic N) is 4. The molecule has 8 N–H and O–H groups in total. The van der Waals surface area contributed by atoms with Crippen LogP contribution >= 0.6 is 7.82 Å². The van der Waals surface area contributed by atoms with Crippen LogP contribution in [0.1, 0.15) is 80.9 Å². The molecule has 69 heavy (non-hydrogen) atoms. The van der Waals surface area contributed by atoms with Crippen LogP contribution in [0.4, 0.5) is 9.59 Å². The minimum Gasteiger partial charge on any atom is -0.488 e. The maximum atomic E-state index is 14.3. The number of carboxylic acid groups (broad SMARTS) is 1. The largest absolute Gasteiger partial charge is 0.488 e. The quantitative estimate of drug-likeness (QED) is 0.0627. The Labute approximate surface area is 396 Å². The van der Waals surface area contributed by atoms with Crippen LogP contribution < -0.4 is 15.4 Å². The third kappa shape index (κ3) is 10.4. The highest BCUT2D eigenvalue weighted by molar-refractivity contribution is 7.45. The van der Waals surface area contributed by atoms with Gasteiger partial charge in [-0.05, 0) is 84.0 Å². The van der Waals surface area contributed by atoms with Gasteiger partial charge in [-0.1, -0.05) is 62.4 Å². The summed E-state index contributed by atoms with van der Waals surface area (Å²) >= 11 is 0. The van der Waals surface area contributed by atoms with Gasteiger partial charge >= 0.3 is 20.0 Å². The van der Waals surface area contributed by atoms with Crippen molar-refractivity contribution in [3.8, 4) is 28.1 Å². The van der Waals surface area contributed by atoms with Crippen molar-refractivity contribution in [3.05, 3.63) is 102 Å². The van der Waals surface area contributed by atoms with E-state index in [4.69, 9.17) is 43.4 Å². The number of carbonyl (C=O) groups is 4. The Morgan fingerprint density at radius 1 is 0.913 bits per heavy atom. The van der Waals surface area contributed by atoms with Crippen LogP contribution in [0.2, 0.25) is 0 Å². The molecule has 6 atom stereocenters. The van der Waals surface area contributed by atoms with Gasteiger partial charge in [-0.3, -0.25) is 9.59 Å². The topological polar surface area (TPSA) is 282 Å². The molecule has 3 aliphatic rings. The van der Waals surface area contributed by atoms with E-state index in [0.717, 1.165) is 61.9 Å². The van der Waals surface area contributed by atoms with E-state index in [0.29, 0.717) is 49.8 Å². The number of likely N-dealkylation sites (tertiary alicyclic amines) is 2. The van der Waals surface area contributed by atoms with Crippen LogP contribution in [0.15, 0.2) is 79.0 Å². The Morgan fingerprint density at radius 2 is 1.67 bits per heavy atom. The summed E-state index contributed by atoms with van der Waals surface area (Å²) in [6.07, 6.45) is 1.98. The van der Waals surface area contributed by atoms with Crippen LogP contribution in [0, 0.1) is 11.8 Å². The van der Waals surface area contributed by atoms with Gasteiger partial charge in [0.2, 0.25) is 5.91 Å². The first-order valence-corrected chi connectivity index (χ1v) is 24.0. The van der Waals surface area contributed by atoms with Crippen molar-refractivity contribution in [1.29, 1.82) is 0 Å². The zero-order valence-electron chi connectivity index (χ0n) is 38.6. The summed E-state index contributed by atoms with van der Waals surface area (Å²) in [4.78, 5) is 94.1. The van der Waals surface area contributed by atoms with E-state index in [9.17, 15) is 24.3 Å². The zero-order valence-corrected chi connectivity index (χ0v) is 39.5. The average molecular weight is 967 g/mol. The first-order valence-electron chi connectivity index (χ1n) is 22.5. The molecule has 0 spiro atoms. The maximum Gasteiger partial charge on any atom is 0.466 e. The molecule has 6 aromatic rings. The van der Waals surface area contributed by atoms with E-state index in [-0.39, 0.29) is 41.8 Å². The van der Waals surface area contributed by atoms with Gasteiger partial charge in [0.15, 0.2) is 0 Å². The Hall–Kier alpha value is -6.83. The minimum absolute atomic E-state index is 0.0648. The number of nitrogens with one attached hydrogen (secondary N) is 4. The van der Waals surface area contributed by atoms with Crippen molar-refractivity contribution >= 4 is 53.6 Å². The summed E-state index contributed by atoms with van der Waals surface area (Å²) in [5.41, 5.74) is 7.01. The van der Waals surface area contributed by atoms with E-state index in [1.807, 2.05) is 57.2 Å². The number of carbonyl (C=O) groups excluding carboxylic acids is 3. The number of amides is 4. The second-order valence-corrected chi connectivity index (χ2v) is 18.9. The van der Waals surface area contributed by atoms with Crippen LogP contribution in [0.25, 0.3) is 44.2 Å². The molecular formula is C48H55N8O12P. The van der Waals surface area contributed by atoms with Crippen molar-refractivity contribution in [2.45, 2.75) is 76.8 Å². The molecule has 9 rings (SSSR count). The summed E-state index contributed by atoms with van der Waals surface area (Å²) in [6.45, 7) is 6.92. The van der Waals surface area contributed by atoms with E-state index in [1.165, 1.54) is 7.11 Å². The number of H-pyrrole nitrogens is 2. The van der Waals surface area contributed by atoms with Gasteiger partial charge in [0.25, 0.3) is 5.91 Å². The van der Waals surface area contributed by atoms with Gasteiger partial charge in [-0.2, -0.15) is 0 Å². The maximum absolute atomic E-state index is 14.3. The number of aromatic amines is 2. The molecule has 5 heterocycles. The monoisotopic (exact) mass is 966 g/mol. The molecule has 4 aromatic carbocycles. The number of phosphoric acid groups is 1. The summed E-state index contributed by atoms with van der Waals surface area (Å²) in [5.74, 6) is 1.39. The van der Waals surface area contributed by atoms with Crippen molar-refractivity contribution in [1.82, 2.24) is 40.4 Å². The number of imidazole rings is 2. The number of methoxy groups -OCH3 is 2. The Balaban J connectivity index is 0.00000122. The van der Waals surface area contributed by atoms with Crippen LogP contribution in [-0.4, -0.2) is 113 Å². The fraction of sp³-hybridized carbons (Fsp3) is 0.375. The van der Waals surface area contributed by atoms with E-state index >= 15 is 0 Å². The molecule has 0 saturated carbocycles. The number of hydrogen-bond donors (Lipinski definition) is 8. The van der Waals surface area contributed by atoms with Crippen molar-refractivity contribution in [3.63, 3.8) is 0 Å². The second kappa shape index (κ2) is 20.0. The smallest absolute Gasteiger partial charge is 0.466 e. The number of alkyl carbamates (subject to hydrolysis) is 1. The molecule has 2 aromatic heterocycles.